The van der Waals surface area contributed by atoms with Crippen LogP contribution in [0.15, 0.2) is 60.7 Å². The average molecular weight is 294 g/mol. The number of methoxy groups -OCH3 is 1. The van der Waals surface area contributed by atoms with E-state index in [1.807, 2.05) is 36.4 Å². The molecule has 0 heterocycles. The molecule has 0 unspecified atom stereocenters. The van der Waals surface area contributed by atoms with Crippen LogP contribution in [0.5, 0.6) is 17.2 Å². The fourth-order valence-electron chi connectivity index (χ4n) is 2.22. The number of benzene rings is 3. The molecular formula is C18H14O4. The molecule has 0 aromatic heterocycles. The predicted molar refractivity (Wildman–Crippen MR) is 84.0 cm³/mol. The molecule has 110 valence electrons. The van der Waals surface area contributed by atoms with Crippen LogP contribution in [-0.2, 0) is 0 Å². The van der Waals surface area contributed by atoms with Crippen molar-refractivity contribution in [2.75, 3.05) is 7.11 Å². The summed E-state index contributed by atoms with van der Waals surface area (Å²) in [5.74, 6) is 0.972. The smallest absolute Gasteiger partial charge is 0.335 e. The molecule has 0 fully saturated rings. The Labute approximate surface area is 127 Å². The quantitative estimate of drug-likeness (QED) is 0.777. The van der Waals surface area contributed by atoms with Gasteiger partial charge in [0.25, 0.3) is 0 Å². The van der Waals surface area contributed by atoms with Gasteiger partial charge in [-0.1, -0.05) is 18.2 Å². The standard InChI is InChI=1S/C18H14O4/c1-21-15-7-5-13-10-17(8-6-12(13)9-15)22-16-4-2-3-14(11-16)18(19)20/h2-11H,1H3,(H,19,20). The number of carboxylic acid groups (broad SMARTS) is 1. The van der Waals surface area contributed by atoms with Crippen LogP contribution in [0.2, 0.25) is 0 Å². The molecular weight excluding hydrogens is 280 g/mol. The summed E-state index contributed by atoms with van der Waals surface area (Å²) in [4.78, 5) is 11.0. The molecule has 0 spiro atoms. The molecule has 0 aliphatic rings. The minimum absolute atomic E-state index is 0.197. The molecule has 0 amide bonds. The number of carboxylic acids is 1. The van der Waals surface area contributed by atoms with Crippen molar-refractivity contribution in [3.05, 3.63) is 66.2 Å². The lowest BCUT2D eigenvalue weighted by Gasteiger charge is -2.08. The van der Waals surface area contributed by atoms with E-state index in [4.69, 9.17) is 14.6 Å². The Kier molecular flexibility index (Phi) is 3.66. The monoisotopic (exact) mass is 294 g/mol. The van der Waals surface area contributed by atoms with Crippen LogP contribution in [-0.4, -0.2) is 18.2 Å². The zero-order valence-corrected chi connectivity index (χ0v) is 11.9. The number of ether oxygens (including phenoxy) is 2. The molecule has 0 saturated heterocycles. The molecule has 0 aliphatic heterocycles. The predicted octanol–water partition coefficient (Wildman–Crippen LogP) is 4.34. The van der Waals surface area contributed by atoms with Crippen LogP contribution in [0.4, 0.5) is 0 Å². The van der Waals surface area contributed by atoms with Gasteiger partial charge in [0.15, 0.2) is 0 Å². The second kappa shape index (κ2) is 5.77. The van der Waals surface area contributed by atoms with Gasteiger partial charge >= 0.3 is 5.97 Å². The van der Waals surface area contributed by atoms with E-state index in [0.29, 0.717) is 11.5 Å². The third-order valence-electron chi connectivity index (χ3n) is 3.34. The summed E-state index contributed by atoms with van der Waals surface area (Å²) in [6, 6.07) is 17.9. The Bertz CT molecular complexity index is 839. The average Bonchev–Trinajstić information content (AvgIpc) is 2.54. The Morgan fingerprint density at radius 2 is 1.50 bits per heavy atom. The van der Waals surface area contributed by atoms with Crippen molar-refractivity contribution in [3.63, 3.8) is 0 Å². The lowest BCUT2D eigenvalue weighted by molar-refractivity contribution is 0.0696. The lowest BCUT2D eigenvalue weighted by atomic mass is 10.1. The molecule has 0 atom stereocenters. The maximum absolute atomic E-state index is 11.0. The molecule has 4 nitrogen and oxygen atoms in total. The summed E-state index contributed by atoms with van der Waals surface area (Å²) in [5, 5.41) is 11.1. The minimum Gasteiger partial charge on any atom is -0.497 e. The van der Waals surface area contributed by atoms with Crippen LogP contribution in [0.1, 0.15) is 10.4 Å². The van der Waals surface area contributed by atoms with Crippen LogP contribution >= 0.6 is 0 Å². The second-order valence-corrected chi connectivity index (χ2v) is 4.81. The van der Waals surface area contributed by atoms with E-state index in [9.17, 15) is 4.79 Å². The molecule has 3 aromatic carbocycles. The number of rotatable bonds is 4. The van der Waals surface area contributed by atoms with Gasteiger partial charge in [-0.25, -0.2) is 4.79 Å². The Balaban J connectivity index is 1.90. The molecule has 0 bridgehead atoms. The van der Waals surface area contributed by atoms with Crippen molar-refractivity contribution >= 4 is 16.7 Å². The number of hydrogen-bond acceptors (Lipinski definition) is 3. The molecule has 3 rings (SSSR count). The van der Waals surface area contributed by atoms with Gasteiger partial charge in [-0.05, 0) is 53.2 Å². The maximum Gasteiger partial charge on any atom is 0.335 e. The molecule has 0 radical (unpaired) electrons. The van der Waals surface area contributed by atoms with Gasteiger partial charge < -0.3 is 14.6 Å². The highest BCUT2D eigenvalue weighted by Crippen LogP contribution is 2.28. The Hall–Kier alpha value is -3.01. The highest BCUT2D eigenvalue weighted by Gasteiger charge is 2.05. The third-order valence-corrected chi connectivity index (χ3v) is 3.34. The summed E-state index contributed by atoms with van der Waals surface area (Å²) in [6.45, 7) is 0. The van der Waals surface area contributed by atoms with Crippen molar-refractivity contribution < 1.29 is 19.4 Å². The van der Waals surface area contributed by atoms with Crippen LogP contribution in [0.25, 0.3) is 10.8 Å². The second-order valence-electron chi connectivity index (χ2n) is 4.81. The van der Waals surface area contributed by atoms with Gasteiger partial charge in [0, 0.05) is 0 Å². The summed E-state index contributed by atoms with van der Waals surface area (Å²) >= 11 is 0. The lowest BCUT2D eigenvalue weighted by Crippen LogP contribution is -1.96. The van der Waals surface area contributed by atoms with Crippen LogP contribution in [0, 0.1) is 0 Å². The largest absolute Gasteiger partial charge is 0.497 e. The van der Waals surface area contributed by atoms with Gasteiger partial charge in [0.05, 0.1) is 12.7 Å². The summed E-state index contributed by atoms with van der Waals surface area (Å²) in [5.41, 5.74) is 0.197. The van der Waals surface area contributed by atoms with E-state index < -0.39 is 5.97 Å². The van der Waals surface area contributed by atoms with Gasteiger partial charge in [0.1, 0.15) is 17.2 Å². The fourth-order valence-corrected chi connectivity index (χ4v) is 2.22. The number of hydrogen-bond donors (Lipinski definition) is 1. The van der Waals surface area contributed by atoms with Gasteiger partial charge in [-0.2, -0.15) is 0 Å². The Morgan fingerprint density at radius 1 is 0.864 bits per heavy atom. The molecule has 4 heteroatoms. The number of aromatic carboxylic acids is 1. The normalized spacial score (nSPS) is 10.4. The first-order chi connectivity index (χ1) is 10.7. The fraction of sp³-hybridized carbons (Fsp3) is 0.0556. The van der Waals surface area contributed by atoms with E-state index in [1.54, 1.807) is 19.2 Å². The number of fused-ring (bicyclic) bond motifs is 1. The van der Waals surface area contributed by atoms with E-state index in [0.717, 1.165) is 16.5 Å². The first-order valence-electron chi connectivity index (χ1n) is 6.75. The molecule has 3 aromatic rings. The topological polar surface area (TPSA) is 55.8 Å². The molecule has 1 N–H and O–H groups in total. The highest BCUT2D eigenvalue weighted by molar-refractivity contribution is 5.88. The third kappa shape index (κ3) is 2.86. The van der Waals surface area contributed by atoms with E-state index in [2.05, 4.69) is 0 Å². The molecule has 0 saturated carbocycles. The molecule has 22 heavy (non-hydrogen) atoms. The van der Waals surface area contributed by atoms with Crippen molar-refractivity contribution in [1.29, 1.82) is 0 Å². The van der Waals surface area contributed by atoms with Crippen molar-refractivity contribution in [3.8, 4) is 17.2 Å². The van der Waals surface area contributed by atoms with E-state index in [-0.39, 0.29) is 5.56 Å². The van der Waals surface area contributed by atoms with Gasteiger partial charge in [-0.3, -0.25) is 0 Å². The maximum atomic E-state index is 11.0. The van der Waals surface area contributed by atoms with Crippen LogP contribution < -0.4 is 9.47 Å². The summed E-state index contributed by atoms with van der Waals surface area (Å²) in [7, 11) is 1.63. The zero-order chi connectivity index (χ0) is 15.5. The Morgan fingerprint density at radius 3 is 2.18 bits per heavy atom. The zero-order valence-electron chi connectivity index (χ0n) is 11.9. The first-order valence-corrected chi connectivity index (χ1v) is 6.75. The number of carbonyl (C=O) groups is 1. The van der Waals surface area contributed by atoms with Crippen molar-refractivity contribution in [2.24, 2.45) is 0 Å². The van der Waals surface area contributed by atoms with Gasteiger partial charge in [-0.15, -0.1) is 0 Å². The first kappa shape index (κ1) is 13.9. The van der Waals surface area contributed by atoms with Gasteiger partial charge in [0.2, 0.25) is 0 Å². The summed E-state index contributed by atoms with van der Waals surface area (Å²) < 4.78 is 10.9. The SMILES string of the molecule is COc1ccc2cc(Oc3cccc(C(=O)O)c3)ccc2c1. The summed E-state index contributed by atoms with van der Waals surface area (Å²) in [6.07, 6.45) is 0. The van der Waals surface area contributed by atoms with Crippen molar-refractivity contribution in [1.82, 2.24) is 0 Å². The highest BCUT2D eigenvalue weighted by atomic mass is 16.5. The van der Waals surface area contributed by atoms with E-state index in [1.165, 1.54) is 12.1 Å². The van der Waals surface area contributed by atoms with Crippen molar-refractivity contribution in [2.45, 2.75) is 0 Å². The van der Waals surface area contributed by atoms with Crippen LogP contribution in [0.3, 0.4) is 0 Å². The molecule has 0 aliphatic carbocycles. The minimum atomic E-state index is -0.976. The van der Waals surface area contributed by atoms with E-state index >= 15 is 0 Å².